The number of aromatic hydroxyl groups is 1. The van der Waals surface area contributed by atoms with Gasteiger partial charge in [-0.25, -0.2) is 0 Å². The molecule has 6 N–H and O–H groups in total. The summed E-state index contributed by atoms with van der Waals surface area (Å²) in [5.41, 5.74) is 0.505. The topological polar surface area (TPSA) is 151 Å². The summed E-state index contributed by atoms with van der Waals surface area (Å²) in [5, 5.41) is 49.5. The molecule has 0 atom stereocenters. The van der Waals surface area contributed by atoms with Gasteiger partial charge in [0.2, 0.25) is 0 Å². The molecule has 212 valence electrons. The van der Waals surface area contributed by atoms with Gasteiger partial charge in [0.25, 0.3) is 0 Å². The molecule has 5 aromatic carbocycles. The fourth-order valence-electron chi connectivity index (χ4n) is 4.16. The maximum atomic E-state index is 9.04. The van der Waals surface area contributed by atoms with Crippen LogP contribution >= 0.6 is 7.26 Å². The number of hydrogen-bond acceptors (Lipinski definition) is 8. The molecule has 5 aromatic rings. The molecule has 0 radical (unpaired) electrons. The van der Waals surface area contributed by atoms with E-state index in [9.17, 15) is 0 Å². The molecule has 5 rings (SSSR count). The first-order valence-electron chi connectivity index (χ1n) is 11.9. The summed E-state index contributed by atoms with van der Waals surface area (Å²) in [7, 11) is -1.91. The van der Waals surface area contributed by atoms with E-state index in [-0.39, 0.29) is 5.75 Å². The molecule has 0 aliphatic carbocycles. The Hall–Kier alpha value is -3.87. The Bertz CT molecular complexity index is 1220. The Kier molecular flexibility index (Phi) is 18.0. The summed E-state index contributed by atoms with van der Waals surface area (Å²) in [5.74, 6) is 0.111. The molecular formula is C31H31MoNO7P+. The smallest absolute Gasteiger partial charge is 0.0620 e. The SMILES string of the molecule is O/N=C/c1ccccc1O.OO.OO.[O]=[Mo].c1ccc([P+](c2ccccc2)(c2ccccc2)c2ccccc2)cc1. The number of rotatable bonds is 5. The molecule has 10 heteroatoms. The summed E-state index contributed by atoms with van der Waals surface area (Å²) in [6, 6.07) is 50.4. The minimum absolute atomic E-state index is 0.111. The molecule has 0 spiro atoms. The second-order valence-electron chi connectivity index (χ2n) is 7.82. The summed E-state index contributed by atoms with van der Waals surface area (Å²) >= 11 is 0.700. The van der Waals surface area contributed by atoms with Gasteiger partial charge in [-0.2, -0.15) is 0 Å². The van der Waals surface area contributed by atoms with E-state index in [4.69, 9.17) is 34.7 Å². The van der Waals surface area contributed by atoms with Crippen LogP contribution in [0.4, 0.5) is 0 Å². The molecule has 0 unspecified atom stereocenters. The molecule has 0 bridgehead atoms. The average molecular weight is 657 g/mol. The van der Waals surface area contributed by atoms with Crippen molar-refractivity contribution in [1.29, 1.82) is 0 Å². The van der Waals surface area contributed by atoms with Crippen molar-refractivity contribution in [3.05, 3.63) is 151 Å². The normalized spacial score (nSPS) is 9.76. The standard InChI is InChI=1S/C24H20P.C7H7NO2.Mo.2H2O2.O/c1-5-13-21(14-6-1)25(22-15-7-2-8-16-22,23-17-9-3-10-18-23)24-19-11-4-12-20-24;9-7-4-2-1-3-6(7)5-8-10;;2*1-2;/h1-20H;1-5,9-10H;;2*1-2H;/q+1;;;;;/b;8-5+;;;;. The van der Waals surface area contributed by atoms with Crippen molar-refractivity contribution < 1.29 is 54.5 Å². The molecule has 0 aliphatic heterocycles. The zero-order valence-electron chi connectivity index (χ0n) is 21.8. The predicted octanol–water partition coefficient (Wildman–Crippen LogP) is 5.42. The average Bonchev–Trinajstić information content (AvgIpc) is 3.08. The first kappa shape index (κ1) is 35.2. The molecule has 41 heavy (non-hydrogen) atoms. The second kappa shape index (κ2) is 21.0. The van der Waals surface area contributed by atoms with Crippen LogP contribution in [0.3, 0.4) is 0 Å². The number of phenolic OH excluding ortho intramolecular Hbond substituents is 1. The van der Waals surface area contributed by atoms with E-state index in [1.165, 1.54) is 33.5 Å². The van der Waals surface area contributed by atoms with Crippen molar-refractivity contribution in [1.82, 2.24) is 0 Å². The van der Waals surface area contributed by atoms with Gasteiger partial charge in [0.1, 0.15) is 34.2 Å². The molecule has 0 amide bonds. The molecule has 0 fully saturated rings. The quantitative estimate of drug-likeness (QED) is 0.0369. The monoisotopic (exact) mass is 658 g/mol. The predicted molar refractivity (Wildman–Crippen MR) is 160 cm³/mol. The van der Waals surface area contributed by atoms with Crippen LogP contribution in [0, 0.1) is 0 Å². The van der Waals surface area contributed by atoms with Gasteiger partial charge in [0.15, 0.2) is 0 Å². The van der Waals surface area contributed by atoms with Crippen molar-refractivity contribution >= 4 is 34.7 Å². The van der Waals surface area contributed by atoms with Crippen molar-refractivity contribution in [2.45, 2.75) is 0 Å². The van der Waals surface area contributed by atoms with Crippen LogP contribution in [0.15, 0.2) is 151 Å². The van der Waals surface area contributed by atoms with E-state index >= 15 is 0 Å². The first-order valence-corrected chi connectivity index (χ1v) is 14.5. The van der Waals surface area contributed by atoms with Crippen molar-refractivity contribution in [2.75, 3.05) is 0 Å². The van der Waals surface area contributed by atoms with Crippen LogP contribution in [0.1, 0.15) is 5.56 Å². The minimum Gasteiger partial charge on any atom is -0.0620 e. The van der Waals surface area contributed by atoms with E-state index in [0.717, 1.165) is 0 Å². The summed E-state index contributed by atoms with van der Waals surface area (Å²) in [6.45, 7) is 0. The third-order valence-corrected chi connectivity index (χ3v) is 10.00. The van der Waals surface area contributed by atoms with Crippen LogP contribution in [-0.2, 0) is 23.2 Å². The Morgan fingerprint density at radius 3 is 1.02 bits per heavy atom. The van der Waals surface area contributed by atoms with Crippen LogP contribution < -0.4 is 21.2 Å². The molecule has 0 aliphatic rings. The number of oxime groups is 1. The maximum absolute atomic E-state index is 9.04. The van der Waals surface area contributed by atoms with E-state index in [1.54, 1.807) is 18.2 Å². The number of para-hydroxylation sites is 1. The molecular weight excluding hydrogens is 625 g/mol. The van der Waals surface area contributed by atoms with Crippen molar-refractivity contribution in [2.24, 2.45) is 5.16 Å². The van der Waals surface area contributed by atoms with Gasteiger partial charge >= 0.3 is 23.2 Å². The number of phenols is 1. The minimum atomic E-state index is -1.91. The van der Waals surface area contributed by atoms with Gasteiger partial charge in [-0.05, 0) is 60.7 Å². The number of nitrogens with zero attached hydrogens (tertiary/aromatic N) is 1. The van der Waals surface area contributed by atoms with Gasteiger partial charge in [-0.3, -0.25) is 21.0 Å². The van der Waals surface area contributed by atoms with Crippen LogP contribution in [0.25, 0.3) is 0 Å². The zero-order valence-corrected chi connectivity index (χ0v) is 24.7. The van der Waals surface area contributed by atoms with E-state index < -0.39 is 7.26 Å². The Labute approximate surface area is 250 Å². The second-order valence-corrected chi connectivity index (χ2v) is 11.2. The Morgan fingerprint density at radius 1 is 0.488 bits per heavy atom. The third-order valence-electron chi connectivity index (χ3n) is 5.71. The van der Waals surface area contributed by atoms with Crippen LogP contribution in [0.5, 0.6) is 5.75 Å². The summed E-state index contributed by atoms with van der Waals surface area (Å²) in [4.78, 5) is 0. The molecule has 0 aromatic heterocycles. The Morgan fingerprint density at radius 2 is 0.756 bits per heavy atom. The summed E-state index contributed by atoms with van der Waals surface area (Å²) < 4.78 is 8.26. The van der Waals surface area contributed by atoms with Gasteiger partial charge in [-0.1, -0.05) is 90.1 Å². The molecule has 0 saturated heterocycles. The maximum Gasteiger partial charge on any atom is 0.144 e. The molecule has 0 heterocycles. The van der Waals surface area contributed by atoms with Crippen molar-refractivity contribution in [3.63, 3.8) is 0 Å². The number of hydrogen-bond donors (Lipinski definition) is 6. The van der Waals surface area contributed by atoms with Crippen LogP contribution in [0.2, 0.25) is 0 Å². The largest absolute Gasteiger partial charge is 0.144 e. The van der Waals surface area contributed by atoms with E-state index in [2.05, 4.69) is 126 Å². The molecule has 8 nitrogen and oxygen atoms in total. The van der Waals surface area contributed by atoms with Gasteiger partial charge in [0.05, 0.1) is 6.21 Å². The summed E-state index contributed by atoms with van der Waals surface area (Å²) in [6.07, 6.45) is 1.18. The fourth-order valence-corrected chi connectivity index (χ4v) is 8.43. The Balaban J connectivity index is 0.000000441. The van der Waals surface area contributed by atoms with Crippen LogP contribution in [-0.4, -0.2) is 37.6 Å². The number of benzene rings is 5. The fraction of sp³-hybridized carbons (Fsp3) is 0. The van der Waals surface area contributed by atoms with Gasteiger partial charge in [0, 0.05) is 5.56 Å². The molecule has 0 saturated carbocycles. The first-order chi connectivity index (χ1) is 20.3. The van der Waals surface area contributed by atoms with Gasteiger partial charge < -0.3 is 10.3 Å². The third kappa shape index (κ3) is 9.62. The zero-order chi connectivity index (χ0) is 30.3. The van der Waals surface area contributed by atoms with Gasteiger partial charge in [-0.15, -0.1) is 0 Å². The van der Waals surface area contributed by atoms with Crippen molar-refractivity contribution in [3.8, 4) is 5.75 Å². The van der Waals surface area contributed by atoms with E-state index in [0.29, 0.717) is 25.3 Å². The van der Waals surface area contributed by atoms with E-state index in [1.807, 2.05) is 0 Å².